The normalized spacial score (nSPS) is 15.3. The molecule has 0 bridgehead atoms. The Kier molecular flexibility index (Phi) is 4.12. The minimum atomic E-state index is -0.735. The third-order valence-electron chi connectivity index (χ3n) is 3.07. The van der Waals surface area contributed by atoms with Crippen LogP contribution in [0.4, 0.5) is 11.4 Å². The molecule has 0 saturated heterocycles. The van der Waals surface area contributed by atoms with Gasteiger partial charge in [-0.3, -0.25) is 9.69 Å². The maximum absolute atomic E-state index is 12.1. The van der Waals surface area contributed by atoms with Gasteiger partial charge in [0, 0.05) is 0 Å². The zero-order valence-electron chi connectivity index (χ0n) is 11.6. The Labute approximate surface area is 117 Å². The van der Waals surface area contributed by atoms with Crippen molar-refractivity contribution in [2.45, 2.75) is 26.3 Å². The number of rotatable bonds is 4. The molecule has 0 spiro atoms. The number of carbonyl (C=O) groups excluding carboxylic acids is 2. The molecule has 0 aliphatic carbocycles. The van der Waals surface area contributed by atoms with Crippen LogP contribution in [-0.4, -0.2) is 31.1 Å². The topological polar surface area (TPSA) is 81.9 Å². The van der Waals surface area contributed by atoms with Gasteiger partial charge in [0.25, 0.3) is 5.91 Å². The first-order valence-corrected chi connectivity index (χ1v) is 6.56. The maximum atomic E-state index is 12.1. The van der Waals surface area contributed by atoms with E-state index in [9.17, 15) is 9.59 Å². The molecular weight excluding hydrogens is 260 g/mol. The Bertz CT molecular complexity index is 530. The zero-order valence-corrected chi connectivity index (χ0v) is 11.6. The van der Waals surface area contributed by atoms with Crippen molar-refractivity contribution in [2.75, 3.05) is 23.8 Å². The number of carbonyl (C=O) groups is 2. The quantitative estimate of drug-likeness (QED) is 0.664. The lowest BCUT2D eigenvalue weighted by Crippen LogP contribution is -2.48. The Morgan fingerprint density at radius 1 is 1.55 bits per heavy atom. The summed E-state index contributed by atoms with van der Waals surface area (Å²) >= 11 is 0. The average Bonchev–Trinajstić information content (AvgIpc) is 2.44. The molecule has 0 radical (unpaired) electrons. The van der Waals surface area contributed by atoms with Gasteiger partial charge in [-0.25, -0.2) is 4.79 Å². The summed E-state index contributed by atoms with van der Waals surface area (Å²) in [6.07, 6.45) is 0.730. The number of nitrogens with two attached hydrogens (primary N) is 1. The Hall–Kier alpha value is -2.24. The number of hydrogen-bond acceptors (Lipinski definition) is 5. The van der Waals surface area contributed by atoms with E-state index in [4.69, 9.17) is 15.2 Å². The summed E-state index contributed by atoms with van der Waals surface area (Å²) in [6.45, 7) is 3.75. The summed E-state index contributed by atoms with van der Waals surface area (Å²) in [5, 5.41) is 0. The smallest absolute Gasteiger partial charge is 0.328 e. The number of nitrogens with zero attached hydrogens (tertiary/aromatic N) is 1. The molecule has 1 aromatic carbocycles. The van der Waals surface area contributed by atoms with Crippen molar-refractivity contribution >= 4 is 23.3 Å². The lowest BCUT2D eigenvalue weighted by atomic mass is 10.1. The second-order valence-corrected chi connectivity index (χ2v) is 4.59. The van der Waals surface area contributed by atoms with Crippen LogP contribution < -0.4 is 15.4 Å². The minimum absolute atomic E-state index is 0.109. The van der Waals surface area contributed by atoms with E-state index in [2.05, 4.69) is 0 Å². The van der Waals surface area contributed by atoms with Crippen LogP contribution in [0, 0.1) is 0 Å². The van der Waals surface area contributed by atoms with Gasteiger partial charge in [0.15, 0.2) is 6.61 Å². The molecule has 1 unspecified atom stereocenters. The number of hydrogen-bond donors (Lipinski definition) is 1. The SMILES string of the molecule is CCCOC(=O)C(C)N1C(=O)COc2cccc(N)c21. The summed E-state index contributed by atoms with van der Waals surface area (Å²) in [4.78, 5) is 25.4. The number of nitrogen functional groups attached to an aromatic ring is 1. The number of anilines is 2. The molecule has 0 aromatic heterocycles. The van der Waals surface area contributed by atoms with Gasteiger partial charge in [-0.1, -0.05) is 13.0 Å². The number of ether oxygens (including phenoxy) is 2. The van der Waals surface area contributed by atoms with Crippen molar-refractivity contribution in [3.63, 3.8) is 0 Å². The molecule has 2 N–H and O–H groups in total. The highest BCUT2D eigenvalue weighted by atomic mass is 16.5. The van der Waals surface area contributed by atoms with E-state index < -0.39 is 12.0 Å². The largest absolute Gasteiger partial charge is 0.481 e. The van der Waals surface area contributed by atoms with Crippen LogP contribution in [0.3, 0.4) is 0 Å². The predicted molar refractivity (Wildman–Crippen MR) is 74.5 cm³/mol. The maximum Gasteiger partial charge on any atom is 0.328 e. The van der Waals surface area contributed by atoms with E-state index in [1.54, 1.807) is 25.1 Å². The number of benzene rings is 1. The van der Waals surface area contributed by atoms with Crippen LogP contribution in [-0.2, 0) is 14.3 Å². The van der Waals surface area contributed by atoms with Crippen LogP contribution in [0.2, 0.25) is 0 Å². The molecule has 1 aliphatic heterocycles. The van der Waals surface area contributed by atoms with Gasteiger partial charge in [-0.2, -0.15) is 0 Å². The third kappa shape index (κ3) is 2.54. The Balaban J connectivity index is 2.31. The highest BCUT2D eigenvalue weighted by molar-refractivity contribution is 6.05. The molecule has 0 saturated carbocycles. The Morgan fingerprint density at radius 2 is 2.30 bits per heavy atom. The van der Waals surface area contributed by atoms with Gasteiger partial charge in [-0.15, -0.1) is 0 Å². The van der Waals surface area contributed by atoms with Gasteiger partial charge in [-0.05, 0) is 25.5 Å². The van der Waals surface area contributed by atoms with E-state index in [1.807, 2.05) is 6.92 Å². The van der Waals surface area contributed by atoms with Crippen LogP contribution in [0.1, 0.15) is 20.3 Å². The van der Waals surface area contributed by atoms with Gasteiger partial charge in [0.05, 0.1) is 12.3 Å². The first-order chi connectivity index (χ1) is 9.56. The van der Waals surface area contributed by atoms with E-state index >= 15 is 0 Å². The van der Waals surface area contributed by atoms with E-state index in [0.29, 0.717) is 23.7 Å². The molecule has 1 aromatic rings. The standard InChI is InChI=1S/C14H18N2O4/c1-3-7-19-14(18)9(2)16-12(17)8-20-11-6-4-5-10(15)13(11)16/h4-6,9H,3,7-8,15H2,1-2H3. The Morgan fingerprint density at radius 3 is 3.00 bits per heavy atom. The van der Waals surface area contributed by atoms with Crippen molar-refractivity contribution in [1.82, 2.24) is 0 Å². The van der Waals surface area contributed by atoms with Gasteiger partial charge in [0.1, 0.15) is 17.5 Å². The first-order valence-electron chi connectivity index (χ1n) is 6.56. The van der Waals surface area contributed by atoms with Gasteiger partial charge in [0.2, 0.25) is 0 Å². The average molecular weight is 278 g/mol. The molecule has 1 amide bonds. The highest BCUT2D eigenvalue weighted by Gasteiger charge is 2.35. The van der Waals surface area contributed by atoms with Crippen molar-refractivity contribution in [1.29, 1.82) is 0 Å². The number of para-hydroxylation sites is 1. The van der Waals surface area contributed by atoms with Crippen LogP contribution >= 0.6 is 0 Å². The predicted octanol–water partition coefficient (Wildman–Crippen LogP) is 1.34. The second-order valence-electron chi connectivity index (χ2n) is 4.59. The van der Waals surface area contributed by atoms with Gasteiger partial charge < -0.3 is 15.2 Å². The van der Waals surface area contributed by atoms with E-state index in [-0.39, 0.29) is 12.5 Å². The van der Waals surface area contributed by atoms with Crippen molar-refractivity contribution < 1.29 is 19.1 Å². The fourth-order valence-corrected chi connectivity index (χ4v) is 2.09. The lowest BCUT2D eigenvalue weighted by molar-refractivity contribution is -0.146. The molecule has 1 heterocycles. The number of esters is 1. The summed E-state index contributed by atoms with van der Waals surface area (Å²) in [7, 11) is 0. The van der Waals surface area contributed by atoms with Crippen molar-refractivity contribution in [3.8, 4) is 5.75 Å². The van der Waals surface area contributed by atoms with Crippen molar-refractivity contribution in [2.24, 2.45) is 0 Å². The molecule has 2 rings (SSSR count). The van der Waals surface area contributed by atoms with E-state index in [1.165, 1.54) is 4.90 Å². The van der Waals surface area contributed by atoms with Gasteiger partial charge >= 0.3 is 5.97 Å². The molecule has 108 valence electrons. The summed E-state index contributed by atoms with van der Waals surface area (Å²) in [5.41, 5.74) is 6.74. The van der Waals surface area contributed by atoms with Crippen molar-refractivity contribution in [3.05, 3.63) is 18.2 Å². The third-order valence-corrected chi connectivity index (χ3v) is 3.07. The summed E-state index contributed by atoms with van der Waals surface area (Å²) in [5.74, 6) is -0.257. The molecule has 0 fully saturated rings. The summed E-state index contributed by atoms with van der Waals surface area (Å²) in [6, 6.07) is 4.39. The fraction of sp³-hybridized carbons (Fsp3) is 0.429. The van der Waals surface area contributed by atoms with Crippen LogP contribution in [0.25, 0.3) is 0 Å². The van der Waals surface area contributed by atoms with E-state index in [0.717, 1.165) is 6.42 Å². The first kappa shape index (κ1) is 14.2. The minimum Gasteiger partial charge on any atom is -0.481 e. The molecule has 1 aliphatic rings. The highest BCUT2D eigenvalue weighted by Crippen LogP contribution is 2.38. The number of fused-ring (bicyclic) bond motifs is 1. The van der Waals surface area contributed by atoms with Crippen LogP contribution in [0.15, 0.2) is 18.2 Å². The molecule has 20 heavy (non-hydrogen) atoms. The molecule has 1 atom stereocenters. The summed E-state index contributed by atoms with van der Waals surface area (Å²) < 4.78 is 10.4. The molecular formula is C14H18N2O4. The van der Waals surface area contributed by atoms with Crippen LogP contribution in [0.5, 0.6) is 5.75 Å². The second kappa shape index (κ2) is 5.81. The molecule has 6 heteroatoms. The molecule has 6 nitrogen and oxygen atoms in total. The fourth-order valence-electron chi connectivity index (χ4n) is 2.09. The monoisotopic (exact) mass is 278 g/mol. The zero-order chi connectivity index (χ0) is 14.7. The lowest BCUT2D eigenvalue weighted by Gasteiger charge is -2.33. The number of amides is 1.